The first-order valence-electron chi connectivity index (χ1n) is 7.45. The van der Waals surface area contributed by atoms with E-state index in [1.807, 2.05) is 19.2 Å². The van der Waals surface area contributed by atoms with Crippen LogP contribution in [0.15, 0.2) is 18.2 Å². The Morgan fingerprint density at radius 1 is 1.38 bits per heavy atom. The molecule has 2 N–H and O–H groups in total. The van der Waals surface area contributed by atoms with Gasteiger partial charge in [-0.15, -0.1) is 0 Å². The monoisotopic (exact) mass is 312 g/mol. The first-order chi connectivity index (χ1) is 10.1. The maximum absolute atomic E-state index is 11.9. The normalized spacial score (nSPS) is 12.0. The van der Waals surface area contributed by atoms with Crippen LogP contribution in [0.1, 0.15) is 38.7 Å². The van der Waals surface area contributed by atoms with Gasteiger partial charge in [-0.05, 0) is 38.1 Å². The van der Waals surface area contributed by atoms with Crippen LogP contribution in [-0.4, -0.2) is 25.6 Å². The van der Waals surface area contributed by atoms with Crippen molar-refractivity contribution in [2.45, 2.75) is 45.8 Å². The lowest BCUT2D eigenvalue weighted by Gasteiger charge is -2.16. The Morgan fingerprint density at radius 2 is 2.14 bits per heavy atom. The molecule has 0 saturated heterocycles. The molecule has 5 heteroatoms. The number of carbonyl (C=O) groups excluding carboxylic acids is 1. The second kappa shape index (κ2) is 9.64. The minimum absolute atomic E-state index is 0.110. The molecule has 0 fully saturated rings. The van der Waals surface area contributed by atoms with Crippen molar-refractivity contribution in [3.8, 4) is 5.75 Å². The summed E-state index contributed by atoms with van der Waals surface area (Å²) in [5.74, 6) is 0.425. The number of benzene rings is 1. The fourth-order valence-corrected chi connectivity index (χ4v) is 2.18. The molecule has 0 aliphatic heterocycles. The highest BCUT2D eigenvalue weighted by atomic mass is 35.5. The molecule has 118 valence electrons. The summed E-state index contributed by atoms with van der Waals surface area (Å²) in [6.45, 7) is 5.29. The summed E-state index contributed by atoms with van der Waals surface area (Å²) in [4.78, 5) is 11.9. The molecule has 0 bridgehead atoms. The van der Waals surface area contributed by atoms with E-state index < -0.39 is 6.10 Å². The highest BCUT2D eigenvalue weighted by Crippen LogP contribution is 2.26. The number of halogens is 1. The zero-order chi connectivity index (χ0) is 15.7. The lowest BCUT2D eigenvalue weighted by Crippen LogP contribution is -2.36. The van der Waals surface area contributed by atoms with Crippen LogP contribution in [0.5, 0.6) is 5.75 Å². The van der Waals surface area contributed by atoms with Gasteiger partial charge in [0.05, 0.1) is 5.02 Å². The average Bonchev–Trinajstić information content (AvgIpc) is 2.46. The molecule has 1 aromatic carbocycles. The summed E-state index contributed by atoms with van der Waals surface area (Å²) in [5.41, 5.74) is 1.08. The molecule has 0 aliphatic rings. The van der Waals surface area contributed by atoms with Crippen LogP contribution in [0.4, 0.5) is 0 Å². The van der Waals surface area contributed by atoms with Gasteiger partial charge in [0.1, 0.15) is 5.75 Å². The first-order valence-corrected chi connectivity index (χ1v) is 7.83. The third-order valence-corrected chi connectivity index (χ3v) is 3.43. The van der Waals surface area contributed by atoms with Gasteiger partial charge in [0.15, 0.2) is 6.10 Å². The molecule has 1 unspecified atom stereocenters. The largest absolute Gasteiger partial charge is 0.479 e. The van der Waals surface area contributed by atoms with E-state index in [9.17, 15) is 4.79 Å². The van der Waals surface area contributed by atoms with Gasteiger partial charge in [-0.3, -0.25) is 4.79 Å². The molecule has 0 spiro atoms. The molecule has 0 saturated carbocycles. The van der Waals surface area contributed by atoms with Crippen LogP contribution < -0.4 is 15.4 Å². The van der Waals surface area contributed by atoms with E-state index in [0.717, 1.165) is 31.4 Å². The smallest absolute Gasteiger partial charge is 0.260 e. The number of ether oxygens (including phenoxy) is 1. The number of hydrogen-bond donors (Lipinski definition) is 2. The fraction of sp³-hybridized carbons (Fsp3) is 0.562. The lowest BCUT2D eigenvalue weighted by atomic mass is 10.2. The molecule has 1 aromatic rings. The van der Waals surface area contributed by atoms with Gasteiger partial charge in [-0.1, -0.05) is 37.4 Å². The summed E-state index contributed by atoms with van der Waals surface area (Å²) in [5, 5.41) is 6.45. The van der Waals surface area contributed by atoms with Crippen LogP contribution in [0, 0.1) is 0 Å². The summed E-state index contributed by atoms with van der Waals surface area (Å²) in [7, 11) is 1.88. The molecule has 0 radical (unpaired) electrons. The highest BCUT2D eigenvalue weighted by molar-refractivity contribution is 6.32. The van der Waals surface area contributed by atoms with E-state index in [-0.39, 0.29) is 5.91 Å². The molecule has 1 atom stereocenters. The summed E-state index contributed by atoms with van der Waals surface area (Å²) >= 11 is 6.18. The Balaban J connectivity index is 2.50. The van der Waals surface area contributed by atoms with Crippen molar-refractivity contribution >= 4 is 17.5 Å². The van der Waals surface area contributed by atoms with E-state index >= 15 is 0 Å². The standard InChI is InChI=1S/C16H25ClN2O2/c1-4-5-6-9-19-16(20)12(2)21-15-8-7-13(11-18-3)10-14(15)17/h7-8,10,12,18H,4-6,9,11H2,1-3H3,(H,19,20). The van der Waals surface area contributed by atoms with Gasteiger partial charge in [0.25, 0.3) is 5.91 Å². The van der Waals surface area contributed by atoms with Crippen molar-refractivity contribution < 1.29 is 9.53 Å². The quantitative estimate of drug-likeness (QED) is 0.689. The van der Waals surface area contributed by atoms with Crippen LogP contribution >= 0.6 is 11.6 Å². The summed E-state index contributed by atoms with van der Waals surface area (Å²) in [6, 6.07) is 5.58. The van der Waals surface area contributed by atoms with Crippen LogP contribution in [0.25, 0.3) is 0 Å². The van der Waals surface area contributed by atoms with E-state index in [0.29, 0.717) is 17.3 Å². The topological polar surface area (TPSA) is 50.4 Å². The van der Waals surface area contributed by atoms with Crippen molar-refractivity contribution in [1.29, 1.82) is 0 Å². The Morgan fingerprint density at radius 3 is 2.76 bits per heavy atom. The molecule has 0 aromatic heterocycles. The summed E-state index contributed by atoms with van der Waals surface area (Å²) < 4.78 is 5.63. The van der Waals surface area contributed by atoms with Crippen LogP contribution in [0.2, 0.25) is 5.02 Å². The number of amides is 1. The zero-order valence-electron chi connectivity index (χ0n) is 13.0. The van der Waals surface area contributed by atoms with Gasteiger partial charge in [-0.25, -0.2) is 0 Å². The number of nitrogens with one attached hydrogen (secondary N) is 2. The predicted molar refractivity (Wildman–Crippen MR) is 86.8 cm³/mol. The lowest BCUT2D eigenvalue weighted by molar-refractivity contribution is -0.127. The Labute approximate surface area is 132 Å². The molecule has 1 amide bonds. The van der Waals surface area contributed by atoms with E-state index in [1.165, 1.54) is 0 Å². The number of unbranched alkanes of at least 4 members (excludes halogenated alkanes) is 2. The first kappa shape index (κ1) is 17.8. The molecule has 0 aliphatic carbocycles. The van der Waals surface area contributed by atoms with Crippen molar-refractivity contribution in [3.05, 3.63) is 28.8 Å². The van der Waals surface area contributed by atoms with Crippen molar-refractivity contribution in [2.75, 3.05) is 13.6 Å². The van der Waals surface area contributed by atoms with E-state index in [2.05, 4.69) is 17.6 Å². The number of carbonyl (C=O) groups is 1. The van der Waals surface area contributed by atoms with E-state index in [4.69, 9.17) is 16.3 Å². The van der Waals surface area contributed by atoms with Crippen LogP contribution in [0.3, 0.4) is 0 Å². The molecule has 0 heterocycles. The maximum Gasteiger partial charge on any atom is 0.260 e. The fourth-order valence-electron chi connectivity index (χ4n) is 1.93. The minimum atomic E-state index is -0.556. The molecular formula is C16H25ClN2O2. The van der Waals surface area contributed by atoms with Crippen molar-refractivity contribution in [1.82, 2.24) is 10.6 Å². The maximum atomic E-state index is 11.9. The molecule has 4 nitrogen and oxygen atoms in total. The molecule has 21 heavy (non-hydrogen) atoms. The Kier molecular flexibility index (Phi) is 8.16. The SMILES string of the molecule is CCCCCNC(=O)C(C)Oc1ccc(CNC)cc1Cl. The average molecular weight is 313 g/mol. The number of rotatable bonds is 9. The van der Waals surface area contributed by atoms with Gasteiger partial charge in [0, 0.05) is 13.1 Å². The van der Waals surface area contributed by atoms with Gasteiger partial charge in [-0.2, -0.15) is 0 Å². The Bertz CT molecular complexity index is 452. The zero-order valence-corrected chi connectivity index (χ0v) is 13.8. The number of hydrogen-bond acceptors (Lipinski definition) is 3. The third kappa shape index (κ3) is 6.36. The van der Waals surface area contributed by atoms with Crippen molar-refractivity contribution in [2.24, 2.45) is 0 Å². The minimum Gasteiger partial charge on any atom is -0.479 e. The summed E-state index contributed by atoms with van der Waals surface area (Å²) in [6.07, 6.45) is 2.69. The van der Waals surface area contributed by atoms with Gasteiger partial charge >= 0.3 is 0 Å². The Hall–Kier alpha value is -1.26. The second-order valence-corrected chi connectivity index (χ2v) is 5.46. The van der Waals surface area contributed by atoms with Crippen molar-refractivity contribution in [3.63, 3.8) is 0 Å². The van der Waals surface area contributed by atoms with E-state index in [1.54, 1.807) is 13.0 Å². The molecular weight excluding hydrogens is 288 g/mol. The highest BCUT2D eigenvalue weighted by Gasteiger charge is 2.15. The van der Waals surface area contributed by atoms with Crippen LogP contribution in [-0.2, 0) is 11.3 Å². The van der Waals surface area contributed by atoms with Gasteiger partial charge in [0.2, 0.25) is 0 Å². The second-order valence-electron chi connectivity index (χ2n) is 5.05. The molecule has 1 rings (SSSR count). The third-order valence-electron chi connectivity index (χ3n) is 3.13. The van der Waals surface area contributed by atoms with Gasteiger partial charge < -0.3 is 15.4 Å². The predicted octanol–water partition coefficient (Wildman–Crippen LogP) is 3.13.